The lowest BCUT2D eigenvalue weighted by Crippen LogP contribution is -2.48. The number of ether oxygens (including phenoxy) is 3. The van der Waals surface area contributed by atoms with E-state index in [1.807, 2.05) is 32.6 Å². The molecule has 10 nitrogen and oxygen atoms in total. The van der Waals surface area contributed by atoms with Crippen molar-refractivity contribution in [1.82, 2.24) is 9.97 Å². The summed E-state index contributed by atoms with van der Waals surface area (Å²) in [6.45, 7) is 9.44. The number of hydrogen-bond acceptors (Lipinski definition) is 8. The highest BCUT2D eigenvalue weighted by Gasteiger charge is 2.41. The number of hydrogen-bond donors (Lipinski definition) is 1. The number of fused-ring (bicyclic) bond motifs is 4. The Morgan fingerprint density at radius 3 is 2.86 bits per heavy atom. The minimum absolute atomic E-state index is 0.0591. The van der Waals surface area contributed by atoms with Crippen LogP contribution in [0.1, 0.15) is 51.0 Å². The molecule has 3 aliphatic heterocycles. The van der Waals surface area contributed by atoms with Gasteiger partial charge >= 0.3 is 6.03 Å². The number of aromatic nitrogens is 2. The van der Waals surface area contributed by atoms with E-state index in [0.29, 0.717) is 50.0 Å². The van der Waals surface area contributed by atoms with Crippen LogP contribution < -0.4 is 19.9 Å². The Kier molecular flexibility index (Phi) is 6.76. The number of anilines is 3. The molecular formula is C26H32FN5O5. The van der Waals surface area contributed by atoms with Gasteiger partial charge in [0.1, 0.15) is 30.0 Å². The third kappa shape index (κ3) is 5.37. The van der Waals surface area contributed by atoms with Crippen molar-refractivity contribution in [2.24, 2.45) is 5.92 Å². The summed E-state index contributed by atoms with van der Waals surface area (Å²) in [5.41, 5.74) is 0.275. The van der Waals surface area contributed by atoms with Crippen molar-refractivity contribution in [3.8, 4) is 5.75 Å². The number of rotatable bonds is 7. The van der Waals surface area contributed by atoms with E-state index in [1.165, 1.54) is 11.0 Å². The maximum Gasteiger partial charge on any atom is 0.329 e. The summed E-state index contributed by atoms with van der Waals surface area (Å²) in [5.74, 6) is -0.519. The molecule has 2 atom stereocenters. The van der Waals surface area contributed by atoms with Gasteiger partial charge in [0.2, 0.25) is 0 Å². The van der Waals surface area contributed by atoms with Gasteiger partial charge in [0, 0.05) is 37.8 Å². The van der Waals surface area contributed by atoms with Crippen LogP contribution in [0, 0.1) is 11.7 Å². The van der Waals surface area contributed by atoms with Crippen LogP contribution in [0.2, 0.25) is 0 Å². The normalized spacial score (nSPS) is 21.8. The van der Waals surface area contributed by atoms with Crippen LogP contribution in [-0.2, 0) is 9.47 Å². The lowest BCUT2D eigenvalue weighted by molar-refractivity contribution is -0.141. The van der Waals surface area contributed by atoms with E-state index in [4.69, 9.17) is 14.2 Å². The second kappa shape index (κ2) is 9.86. The monoisotopic (exact) mass is 513 g/mol. The number of halogens is 1. The molecule has 2 saturated heterocycles. The first-order chi connectivity index (χ1) is 17.6. The lowest BCUT2D eigenvalue weighted by atomic mass is 10.0. The predicted molar refractivity (Wildman–Crippen MR) is 135 cm³/mol. The Balaban J connectivity index is 1.33. The molecule has 37 heavy (non-hydrogen) atoms. The number of ketones is 1. The number of carbonyl (C=O) groups excluding carboxylic acids is 2. The predicted octanol–water partition coefficient (Wildman–Crippen LogP) is 4.01. The summed E-state index contributed by atoms with van der Waals surface area (Å²) < 4.78 is 32.0. The highest BCUT2D eigenvalue weighted by atomic mass is 19.1. The molecule has 2 bridgehead atoms. The zero-order chi connectivity index (χ0) is 26.3. The molecular weight excluding hydrogens is 481 g/mol. The van der Waals surface area contributed by atoms with Crippen LogP contribution in [0.4, 0.5) is 26.5 Å². The molecule has 2 amide bonds. The van der Waals surface area contributed by atoms with Crippen molar-refractivity contribution in [3.05, 3.63) is 35.9 Å². The molecule has 2 aromatic heterocycles. The van der Waals surface area contributed by atoms with E-state index < -0.39 is 17.6 Å². The summed E-state index contributed by atoms with van der Waals surface area (Å²) in [6.07, 6.45) is 2.22. The molecule has 3 aliphatic rings. The van der Waals surface area contributed by atoms with Crippen LogP contribution in [0.3, 0.4) is 0 Å². The van der Waals surface area contributed by atoms with Crippen LogP contribution in [0.25, 0.3) is 0 Å². The highest BCUT2D eigenvalue weighted by Crippen LogP contribution is 2.40. The van der Waals surface area contributed by atoms with Crippen molar-refractivity contribution in [2.45, 2.75) is 58.5 Å². The lowest BCUT2D eigenvalue weighted by Gasteiger charge is -2.35. The van der Waals surface area contributed by atoms with E-state index in [9.17, 15) is 14.0 Å². The maximum absolute atomic E-state index is 14.9. The van der Waals surface area contributed by atoms with Gasteiger partial charge in [-0.1, -0.05) is 13.8 Å². The van der Waals surface area contributed by atoms with Crippen LogP contribution in [-0.4, -0.2) is 66.0 Å². The minimum Gasteiger partial charge on any atom is -0.491 e. The van der Waals surface area contributed by atoms with E-state index in [-0.39, 0.29) is 41.8 Å². The zero-order valence-corrected chi connectivity index (χ0v) is 21.5. The molecule has 0 spiro atoms. The molecule has 0 radical (unpaired) electrons. The molecule has 2 aromatic rings. The number of urea groups is 1. The first-order valence-corrected chi connectivity index (χ1v) is 12.6. The third-order valence-electron chi connectivity index (χ3n) is 6.58. The van der Waals surface area contributed by atoms with E-state index in [2.05, 4.69) is 15.3 Å². The Morgan fingerprint density at radius 2 is 2.14 bits per heavy atom. The number of carbonyl (C=O) groups is 2. The maximum atomic E-state index is 14.9. The number of amides is 2. The third-order valence-corrected chi connectivity index (χ3v) is 6.58. The Bertz CT molecular complexity index is 1210. The summed E-state index contributed by atoms with van der Waals surface area (Å²) in [5, 5.41) is 2.82. The van der Waals surface area contributed by atoms with Gasteiger partial charge in [0.25, 0.3) is 0 Å². The molecule has 0 aromatic carbocycles. The fraction of sp³-hybridized carbons (Fsp3) is 0.538. The molecule has 198 valence electrons. The molecule has 5 heterocycles. The summed E-state index contributed by atoms with van der Waals surface area (Å²) in [6, 6.07) is 4.04. The second-order valence-corrected chi connectivity index (χ2v) is 10.5. The van der Waals surface area contributed by atoms with Crippen LogP contribution in [0.15, 0.2) is 24.4 Å². The van der Waals surface area contributed by atoms with Crippen molar-refractivity contribution >= 4 is 29.1 Å². The topological polar surface area (TPSA) is 106 Å². The van der Waals surface area contributed by atoms with Gasteiger partial charge < -0.3 is 19.1 Å². The number of Topliss-reactive ketones (excluding diaryl/α,β-unsaturated/α-hetero) is 1. The molecule has 5 rings (SSSR count). The summed E-state index contributed by atoms with van der Waals surface area (Å²) >= 11 is 0. The van der Waals surface area contributed by atoms with Gasteiger partial charge in [0.15, 0.2) is 23.2 Å². The number of nitrogens with one attached hydrogen (secondary N) is 1. The van der Waals surface area contributed by atoms with Crippen LogP contribution >= 0.6 is 0 Å². The van der Waals surface area contributed by atoms with Gasteiger partial charge in [-0.3, -0.25) is 15.0 Å². The Labute approximate surface area is 215 Å². The first kappa shape index (κ1) is 25.3. The van der Waals surface area contributed by atoms with E-state index in [0.717, 1.165) is 0 Å². The summed E-state index contributed by atoms with van der Waals surface area (Å²) in [4.78, 5) is 38.3. The van der Waals surface area contributed by atoms with Crippen molar-refractivity contribution in [2.75, 3.05) is 41.4 Å². The molecule has 11 heteroatoms. The first-order valence-electron chi connectivity index (χ1n) is 12.6. The quantitative estimate of drug-likeness (QED) is 0.554. The smallest absolute Gasteiger partial charge is 0.329 e. The van der Waals surface area contributed by atoms with E-state index in [1.54, 1.807) is 18.3 Å². The van der Waals surface area contributed by atoms with E-state index >= 15 is 0 Å². The Morgan fingerprint density at radius 1 is 1.32 bits per heavy atom. The molecule has 0 saturated carbocycles. The van der Waals surface area contributed by atoms with Crippen LogP contribution in [0.5, 0.6) is 5.75 Å². The standard InChI is InChI=1S/C26H32FN5O5/c1-15(2)9-21(33)23-19(27)11-20-24(30-23)32(16-6-8-31(20)12-16)25(34)29-22-10-17(5-7-28-22)35-13-18-14-36-26(3,4)37-18/h5,7,10-11,15-16,18H,6,8-9,12-14H2,1-4H3,(H,28,29,34)/t16-,18-/m0/s1. The van der Waals surface area contributed by atoms with Gasteiger partial charge in [-0.25, -0.2) is 19.2 Å². The van der Waals surface area contributed by atoms with Gasteiger partial charge in [-0.05, 0) is 32.3 Å². The average molecular weight is 514 g/mol. The molecule has 0 aliphatic carbocycles. The van der Waals surface area contributed by atoms with Gasteiger partial charge in [-0.2, -0.15) is 0 Å². The Hall–Kier alpha value is -3.31. The molecule has 0 unspecified atom stereocenters. The van der Waals surface area contributed by atoms with Gasteiger partial charge in [-0.15, -0.1) is 0 Å². The fourth-order valence-electron chi connectivity index (χ4n) is 4.92. The zero-order valence-electron chi connectivity index (χ0n) is 21.5. The highest BCUT2D eigenvalue weighted by molar-refractivity contribution is 6.05. The van der Waals surface area contributed by atoms with Gasteiger partial charge in [0.05, 0.1) is 18.3 Å². The second-order valence-electron chi connectivity index (χ2n) is 10.5. The minimum atomic E-state index is -0.665. The fourth-order valence-corrected chi connectivity index (χ4v) is 4.92. The number of pyridine rings is 2. The average Bonchev–Trinajstić information content (AvgIpc) is 3.41. The molecule has 1 N–H and O–H groups in total. The van der Waals surface area contributed by atoms with Crippen molar-refractivity contribution < 1.29 is 28.2 Å². The largest absolute Gasteiger partial charge is 0.491 e. The van der Waals surface area contributed by atoms with Crippen molar-refractivity contribution in [3.63, 3.8) is 0 Å². The SMILES string of the molecule is CC(C)CC(=O)c1nc2c(cc1F)N1CC[C@@H](C1)N2C(=O)Nc1cc(OC[C@H]2COC(C)(C)O2)ccn1. The molecule has 2 fully saturated rings. The van der Waals surface area contributed by atoms with Crippen molar-refractivity contribution in [1.29, 1.82) is 0 Å². The summed E-state index contributed by atoms with van der Waals surface area (Å²) in [7, 11) is 0. The number of nitrogens with zero attached hydrogens (tertiary/aromatic N) is 4.